The molecule has 1 aromatic carbocycles. The maximum absolute atomic E-state index is 12.9. The Labute approximate surface area is 169 Å². The average molecular weight is 394 g/mol. The third-order valence-corrected chi connectivity index (χ3v) is 5.33. The van der Waals surface area contributed by atoms with Gasteiger partial charge >= 0.3 is 0 Å². The van der Waals surface area contributed by atoms with Gasteiger partial charge in [0.25, 0.3) is 5.91 Å². The van der Waals surface area contributed by atoms with Gasteiger partial charge in [0.15, 0.2) is 0 Å². The average Bonchev–Trinajstić information content (AvgIpc) is 3.32. The SMILES string of the molecule is COc1cccc(-n2c(C)cc(C(=O)Nc3nc(N4CCCCC4)n[nH]3)c2C)c1. The number of rotatable bonds is 5. The molecule has 0 radical (unpaired) electrons. The minimum atomic E-state index is -0.214. The molecule has 0 saturated carbocycles. The van der Waals surface area contributed by atoms with Gasteiger partial charge in [-0.3, -0.25) is 10.1 Å². The zero-order valence-electron chi connectivity index (χ0n) is 17.0. The van der Waals surface area contributed by atoms with Crippen LogP contribution in [0.2, 0.25) is 0 Å². The molecule has 152 valence electrons. The fourth-order valence-electron chi connectivity index (χ4n) is 3.86. The molecule has 1 aliphatic rings. The van der Waals surface area contributed by atoms with Crippen molar-refractivity contribution in [1.82, 2.24) is 19.7 Å². The highest BCUT2D eigenvalue weighted by atomic mass is 16.5. The van der Waals surface area contributed by atoms with Crippen molar-refractivity contribution in [2.75, 3.05) is 30.4 Å². The number of ether oxygens (including phenoxy) is 1. The molecule has 29 heavy (non-hydrogen) atoms. The number of amides is 1. The Balaban J connectivity index is 1.54. The number of aromatic amines is 1. The standard InChI is InChI=1S/C21H26N6O2/c1-14-12-18(15(2)27(14)16-8-7-9-17(13-16)29-3)19(28)22-20-23-21(25-24-20)26-10-5-4-6-11-26/h7-9,12-13H,4-6,10-11H2,1-3H3,(H2,22,23,24,25,28). The Morgan fingerprint density at radius 3 is 2.72 bits per heavy atom. The lowest BCUT2D eigenvalue weighted by Gasteiger charge is -2.24. The van der Waals surface area contributed by atoms with Gasteiger partial charge in [-0.1, -0.05) is 6.07 Å². The number of hydrogen-bond donors (Lipinski definition) is 2. The maximum atomic E-state index is 12.9. The number of hydrogen-bond acceptors (Lipinski definition) is 5. The van der Waals surface area contributed by atoms with E-state index >= 15 is 0 Å². The molecule has 0 unspecified atom stereocenters. The summed E-state index contributed by atoms with van der Waals surface area (Å²) in [5.74, 6) is 1.56. The highest BCUT2D eigenvalue weighted by molar-refractivity contribution is 6.04. The van der Waals surface area contributed by atoms with Crippen LogP contribution in [0, 0.1) is 13.8 Å². The summed E-state index contributed by atoms with van der Waals surface area (Å²) < 4.78 is 7.36. The molecule has 0 atom stereocenters. The number of anilines is 2. The van der Waals surface area contributed by atoms with E-state index < -0.39 is 0 Å². The van der Waals surface area contributed by atoms with Crippen molar-refractivity contribution >= 4 is 17.8 Å². The largest absolute Gasteiger partial charge is 0.497 e. The van der Waals surface area contributed by atoms with E-state index in [0.717, 1.165) is 48.8 Å². The van der Waals surface area contributed by atoms with Gasteiger partial charge in [-0.25, -0.2) is 5.10 Å². The highest BCUT2D eigenvalue weighted by Gasteiger charge is 2.20. The summed E-state index contributed by atoms with van der Waals surface area (Å²) in [5, 5.41) is 9.93. The van der Waals surface area contributed by atoms with Gasteiger partial charge in [0, 0.05) is 36.2 Å². The Bertz CT molecular complexity index is 1020. The van der Waals surface area contributed by atoms with Crippen molar-refractivity contribution in [2.24, 2.45) is 0 Å². The number of nitrogens with one attached hydrogen (secondary N) is 2. The first kappa shape index (κ1) is 19.0. The first-order valence-corrected chi connectivity index (χ1v) is 9.89. The predicted molar refractivity (Wildman–Crippen MR) is 112 cm³/mol. The normalized spacial score (nSPS) is 14.1. The van der Waals surface area contributed by atoms with Crippen molar-refractivity contribution in [1.29, 1.82) is 0 Å². The molecule has 0 spiro atoms. The van der Waals surface area contributed by atoms with E-state index in [1.54, 1.807) is 7.11 Å². The summed E-state index contributed by atoms with van der Waals surface area (Å²) >= 11 is 0. The molecule has 3 heterocycles. The molecule has 1 fully saturated rings. The number of aryl methyl sites for hydroxylation is 1. The van der Waals surface area contributed by atoms with Crippen LogP contribution in [0.15, 0.2) is 30.3 Å². The number of carbonyl (C=O) groups is 1. The smallest absolute Gasteiger partial charge is 0.259 e. The van der Waals surface area contributed by atoms with E-state index in [-0.39, 0.29) is 5.91 Å². The van der Waals surface area contributed by atoms with E-state index in [1.165, 1.54) is 6.42 Å². The maximum Gasteiger partial charge on any atom is 0.259 e. The first-order valence-electron chi connectivity index (χ1n) is 9.89. The fourth-order valence-corrected chi connectivity index (χ4v) is 3.86. The van der Waals surface area contributed by atoms with Crippen molar-refractivity contribution in [3.8, 4) is 11.4 Å². The highest BCUT2D eigenvalue weighted by Crippen LogP contribution is 2.24. The van der Waals surface area contributed by atoms with Gasteiger partial charge in [-0.2, -0.15) is 4.98 Å². The fraction of sp³-hybridized carbons (Fsp3) is 0.381. The van der Waals surface area contributed by atoms with Gasteiger partial charge in [0.05, 0.1) is 12.7 Å². The van der Waals surface area contributed by atoms with Gasteiger partial charge in [0.1, 0.15) is 5.75 Å². The molecule has 4 rings (SSSR count). The van der Waals surface area contributed by atoms with Gasteiger partial charge in [-0.15, -0.1) is 5.10 Å². The van der Waals surface area contributed by atoms with Crippen molar-refractivity contribution < 1.29 is 9.53 Å². The summed E-state index contributed by atoms with van der Waals surface area (Å²) in [4.78, 5) is 19.5. The molecule has 2 aromatic heterocycles. The lowest BCUT2D eigenvalue weighted by atomic mass is 10.1. The van der Waals surface area contributed by atoms with Crippen LogP contribution in [0.1, 0.15) is 41.0 Å². The molecule has 1 amide bonds. The van der Waals surface area contributed by atoms with E-state index in [9.17, 15) is 4.79 Å². The van der Waals surface area contributed by atoms with Crippen LogP contribution in [-0.4, -0.2) is 45.9 Å². The topological polar surface area (TPSA) is 88.1 Å². The molecule has 0 aliphatic carbocycles. The van der Waals surface area contributed by atoms with Crippen molar-refractivity contribution in [3.63, 3.8) is 0 Å². The van der Waals surface area contributed by atoms with Crippen LogP contribution in [0.3, 0.4) is 0 Å². The summed E-state index contributed by atoms with van der Waals surface area (Å²) in [6, 6.07) is 9.65. The third kappa shape index (κ3) is 3.83. The van der Waals surface area contributed by atoms with E-state index in [0.29, 0.717) is 17.5 Å². The van der Waals surface area contributed by atoms with Crippen LogP contribution in [0.25, 0.3) is 5.69 Å². The van der Waals surface area contributed by atoms with Gasteiger partial charge < -0.3 is 14.2 Å². The number of H-pyrrole nitrogens is 1. The van der Waals surface area contributed by atoms with Crippen LogP contribution in [0.5, 0.6) is 5.75 Å². The first-order chi connectivity index (χ1) is 14.1. The summed E-state index contributed by atoms with van der Waals surface area (Å²) in [7, 11) is 1.64. The molecule has 2 N–H and O–H groups in total. The second kappa shape index (κ2) is 7.98. The number of carbonyl (C=O) groups excluding carboxylic acids is 1. The number of benzene rings is 1. The molecule has 8 nitrogen and oxygen atoms in total. The number of piperidine rings is 1. The number of aromatic nitrogens is 4. The van der Waals surface area contributed by atoms with E-state index in [4.69, 9.17) is 4.74 Å². The Hall–Kier alpha value is -3.29. The lowest BCUT2D eigenvalue weighted by molar-refractivity contribution is 0.102. The quantitative estimate of drug-likeness (QED) is 0.692. The zero-order valence-corrected chi connectivity index (χ0v) is 17.0. The minimum absolute atomic E-state index is 0.214. The minimum Gasteiger partial charge on any atom is -0.497 e. The Kier molecular flexibility index (Phi) is 5.24. The molecular formula is C21H26N6O2. The molecular weight excluding hydrogens is 368 g/mol. The predicted octanol–water partition coefficient (Wildman–Crippen LogP) is 3.46. The van der Waals surface area contributed by atoms with Crippen LogP contribution in [0.4, 0.5) is 11.9 Å². The summed E-state index contributed by atoms with van der Waals surface area (Å²) in [6.45, 7) is 5.81. The molecule has 3 aromatic rings. The molecule has 1 saturated heterocycles. The van der Waals surface area contributed by atoms with E-state index in [1.807, 2.05) is 48.7 Å². The third-order valence-electron chi connectivity index (χ3n) is 5.33. The van der Waals surface area contributed by atoms with Crippen LogP contribution < -0.4 is 15.0 Å². The number of nitrogens with zero attached hydrogens (tertiary/aromatic N) is 4. The second-order valence-electron chi connectivity index (χ2n) is 7.31. The molecule has 8 heteroatoms. The van der Waals surface area contributed by atoms with E-state index in [2.05, 4.69) is 25.4 Å². The second-order valence-corrected chi connectivity index (χ2v) is 7.31. The van der Waals surface area contributed by atoms with Gasteiger partial charge in [0.2, 0.25) is 11.9 Å². The summed E-state index contributed by atoms with van der Waals surface area (Å²) in [5.41, 5.74) is 3.36. The number of methoxy groups -OCH3 is 1. The van der Waals surface area contributed by atoms with Crippen molar-refractivity contribution in [3.05, 3.63) is 47.3 Å². The van der Waals surface area contributed by atoms with Crippen molar-refractivity contribution in [2.45, 2.75) is 33.1 Å². The summed E-state index contributed by atoms with van der Waals surface area (Å²) in [6.07, 6.45) is 3.53. The molecule has 1 aliphatic heterocycles. The van der Waals surface area contributed by atoms with Gasteiger partial charge in [-0.05, 0) is 51.3 Å². The Morgan fingerprint density at radius 2 is 1.97 bits per heavy atom. The van der Waals surface area contributed by atoms with Crippen LogP contribution >= 0.6 is 0 Å². The Morgan fingerprint density at radius 1 is 1.17 bits per heavy atom. The monoisotopic (exact) mass is 394 g/mol. The lowest BCUT2D eigenvalue weighted by Crippen LogP contribution is -2.30. The van der Waals surface area contributed by atoms with Crippen LogP contribution in [-0.2, 0) is 0 Å². The zero-order chi connectivity index (χ0) is 20.4. The molecule has 0 bridgehead atoms.